The maximum Gasteiger partial charge on any atom is 0.0491 e. The van der Waals surface area contributed by atoms with Gasteiger partial charge in [-0.25, -0.2) is 0 Å². The van der Waals surface area contributed by atoms with Gasteiger partial charge in [0.1, 0.15) is 0 Å². The van der Waals surface area contributed by atoms with E-state index in [1.54, 1.807) is 0 Å². The van der Waals surface area contributed by atoms with E-state index in [4.69, 9.17) is 4.74 Å². The minimum atomic E-state index is 0.674. The first-order valence-electron chi connectivity index (χ1n) is 4.79. The smallest absolute Gasteiger partial charge is 0.0491 e. The molecule has 1 atom stereocenters. The first-order chi connectivity index (χ1) is 5.81. The molecule has 0 fully saturated rings. The van der Waals surface area contributed by atoms with Gasteiger partial charge in [0.15, 0.2) is 0 Å². The first-order valence-corrected chi connectivity index (χ1v) is 4.79. The molecule has 0 bridgehead atoms. The fourth-order valence-electron chi connectivity index (χ4n) is 1.02. The van der Waals surface area contributed by atoms with Crippen molar-refractivity contribution in [2.24, 2.45) is 5.92 Å². The Morgan fingerprint density at radius 2 is 2.25 bits per heavy atom. The van der Waals surface area contributed by atoms with E-state index >= 15 is 0 Å². The van der Waals surface area contributed by atoms with E-state index in [-0.39, 0.29) is 0 Å². The van der Waals surface area contributed by atoms with Crippen molar-refractivity contribution in [1.29, 1.82) is 0 Å². The zero-order chi connectivity index (χ0) is 9.23. The van der Waals surface area contributed by atoms with Gasteiger partial charge in [-0.2, -0.15) is 0 Å². The summed E-state index contributed by atoms with van der Waals surface area (Å²) in [7, 11) is 0. The second-order valence-corrected chi connectivity index (χ2v) is 3.18. The molecule has 0 aliphatic heterocycles. The Hall–Kier alpha value is -0.300. The van der Waals surface area contributed by atoms with Crippen LogP contribution in [0.15, 0.2) is 12.2 Å². The van der Waals surface area contributed by atoms with Gasteiger partial charge in [0.2, 0.25) is 0 Å². The van der Waals surface area contributed by atoms with Crippen molar-refractivity contribution in [3.05, 3.63) is 19.1 Å². The SMILES string of the molecule is [CH2]CCOCC(C)CCC=CC. The van der Waals surface area contributed by atoms with Crippen LogP contribution in [0.4, 0.5) is 0 Å². The zero-order valence-corrected chi connectivity index (χ0v) is 8.38. The first kappa shape index (κ1) is 11.7. The quantitative estimate of drug-likeness (QED) is 0.420. The largest absolute Gasteiger partial charge is 0.381 e. The molecule has 0 aliphatic carbocycles. The highest BCUT2D eigenvalue weighted by Crippen LogP contribution is 2.06. The Kier molecular flexibility index (Phi) is 8.57. The van der Waals surface area contributed by atoms with E-state index in [9.17, 15) is 0 Å². The van der Waals surface area contributed by atoms with Crippen LogP contribution in [-0.4, -0.2) is 13.2 Å². The zero-order valence-electron chi connectivity index (χ0n) is 8.38. The fourth-order valence-corrected chi connectivity index (χ4v) is 1.02. The van der Waals surface area contributed by atoms with Crippen LogP contribution in [0.1, 0.15) is 33.1 Å². The third kappa shape index (κ3) is 7.80. The molecule has 0 aliphatic rings. The Bertz CT molecular complexity index is 108. The van der Waals surface area contributed by atoms with Gasteiger partial charge in [-0.15, -0.1) is 0 Å². The van der Waals surface area contributed by atoms with Gasteiger partial charge in [-0.3, -0.25) is 0 Å². The lowest BCUT2D eigenvalue weighted by atomic mass is 10.1. The molecule has 12 heavy (non-hydrogen) atoms. The number of allylic oxidation sites excluding steroid dienone is 2. The molecular weight excluding hydrogens is 148 g/mol. The summed E-state index contributed by atoms with van der Waals surface area (Å²) in [6.07, 6.45) is 7.58. The molecule has 0 saturated carbocycles. The van der Waals surface area contributed by atoms with E-state index in [2.05, 4.69) is 32.9 Å². The van der Waals surface area contributed by atoms with Crippen LogP contribution in [0.5, 0.6) is 0 Å². The molecule has 0 N–H and O–H groups in total. The summed E-state index contributed by atoms with van der Waals surface area (Å²) < 4.78 is 5.39. The third-order valence-corrected chi connectivity index (χ3v) is 1.75. The molecule has 0 rings (SSSR count). The predicted octanol–water partition coefficient (Wildman–Crippen LogP) is 3.22. The Morgan fingerprint density at radius 3 is 2.83 bits per heavy atom. The van der Waals surface area contributed by atoms with Crippen molar-refractivity contribution in [1.82, 2.24) is 0 Å². The van der Waals surface area contributed by atoms with Crippen LogP contribution in [0.2, 0.25) is 0 Å². The third-order valence-electron chi connectivity index (χ3n) is 1.75. The van der Waals surface area contributed by atoms with Crippen molar-refractivity contribution in [3.63, 3.8) is 0 Å². The summed E-state index contributed by atoms with van der Waals surface area (Å²) in [4.78, 5) is 0. The molecule has 1 unspecified atom stereocenters. The molecule has 0 aromatic carbocycles. The number of hydrogen-bond acceptors (Lipinski definition) is 1. The lowest BCUT2D eigenvalue weighted by Crippen LogP contribution is -2.06. The molecule has 0 saturated heterocycles. The highest BCUT2D eigenvalue weighted by atomic mass is 16.5. The van der Waals surface area contributed by atoms with Crippen LogP contribution >= 0.6 is 0 Å². The Labute approximate surface area is 76.8 Å². The second-order valence-electron chi connectivity index (χ2n) is 3.18. The highest BCUT2D eigenvalue weighted by Gasteiger charge is 1.99. The van der Waals surface area contributed by atoms with Gasteiger partial charge >= 0.3 is 0 Å². The molecule has 0 aromatic rings. The maximum absolute atomic E-state index is 5.39. The fraction of sp³-hybridized carbons (Fsp3) is 0.727. The minimum absolute atomic E-state index is 0.674. The number of rotatable bonds is 7. The van der Waals surface area contributed by atoms with Crippen molar-refractivity contribution in [3.8, 4) is 0 Å². The average Bonchev–Trinajstić information content (AvgIpc) is 2.06. The van der Waals surface area contributed by atoms with E-state index < -0.39 is 0 Å². The lowest BCUT2D eigenvalue weighted by Gasteiger charge is -2.09. The monoisotopic (exact) mass is 169 g/mol. The van der Waals surface area contributed by atoms with E-state index in [0.717, 1.165) is 19.6 Å². The second kappa shape index (κ2) is 8.79. The standard InChI is InChI=1S/C11H21O/c1-4-6-7-8-11(3)10-12-9-5-2/h4,6,11H,2,5,7-10H2,1,3H3. The normalized spacial score (nSPS) is 13.9. The molecule has 0 aromatic heterocycles. The molecule has 71 valence electrons. The molecule has 1 nitrogen and oxygen atoms in total. The molecule has 1 radical (unpaired) electrons. The van der Waals surface area contributed by atoms with Crippen LogP contribution < -0.4 is 0 Å². The van der Waals surface area contributed by atoms with Gasteiger partial charge in [0.05, 0.1) is 0 Å². The number of ether oxygens (including phenoxy) is 1. The van der Waals surface area contributed by atoms with E-state index in [1.807, 2.05) is 0 Å². The van der Waals surface area contributed by atoms with Crippen LogP contribution in [0.3, 0.4) is 0 Å². The topological polar surface area (TPSA) is 9.23 Å². The summed E-state index contributed by atoms with van der Waals surface area (Å²) in [5.41, 5.74) is 0. The Morgan fingerprint density at radius 1 is 1.50 bits per heavy atom. The van der Waals surface area contributed by atoms with E-state index in [1.165, 1.54) is 12.8 Å². The molecular formula is C11H21O. The van der Waals surface area contributed by atoms with Crippen LogP contribution in [-0.2, 0) is 4.74 Å². The van der Waals surface area contributed by atoms with Gasteiger partial charge in [-0.05, 0) is 32.1 Å². The Balaban J connectivity index is 3.15. The summed E-state index contributed by atoms with van der Waals surface area (Å²) in [5, 5.41) is 0. The van der Waals surface area contributed by atoms with Gasteiger partial charge in [0, 0.05) is 13.2 Å². The molecule has 0 heterocycles. The van der Waals surface area contributed by atoms with Crippen molar-refractivity contribution in [2.75, 3.05) is 13.2 Å². The van der Waals surface area contributed by atoms with E-state index in [0.29, 0.717) is 5.92 Å². The summed E-state index contributed by atoms with van der Waals surface area (Å²) in [6, 6.07) is 0. The van der Waals surface area contributed by atoms with Crippen molar-refractivity contribution < 1.29 is 4.74 Å². The lowest BCUT2D eigenvalue weighted by molar-refractivity contribution is 0.106. The minimum Gasteiger partial charge on any atom is -0.381 e. The maximum atomic E-state index is 5.39. The number of hydrogen-bond donors (Lipinski definition) is 0. The molecule has 0 amide bonds. The summed E-state index contributed by atoms with van der Waals surface area (Å²) in [5.74, 6) is 0.674. The summed E-state index contributed by atoms with van der Waals surface area (Å²) >= 11 is 0. The van der Waals surface area contributed by atoms with Gasteiger partial charge < -0.3 is 4.74 Å². The van der Waals surface area contributed by atoms with Gasteiger partial charge in [0.25, 0.3) is 0 Å². The van der Waals surface area contributed by atoms with Crippen LogP contribution in [0.25, 0.3) is 0 Å². The average molecular weight is 169 g/mol. The van der Waals surface area contributed by atoms with Crippen molar-refractivity contribution >= 4 is 0 Å². The van der Waals surface area contributed by atoms with Gasteiger partial charge in [-0.1, -0.05) is 26.0 Å². The predicted molar refractivity (Wildman–Crippen MR) is 54.0 cm³/mol. The molecule has 1 heteroatoms. The van der Waals surface area contributed by atoms with Crippen LogP contribution in [0, 0.1) is 12.8 Å². The van der Waals surface area contributed by atoms with Crippen molar-refractivity contribution in [2.45, 2.75) is 33.1 Å². The highest BCUT2D eigenvalue weighted by molar-refractivity contribution is 4.77. The summed E-state index contributed by atoms with van der Waals surface area (Å²) in [6.45, 7) is 9.69. The molecule has 0 spiro atoms.